The molecule has 4 nitrogen and oxygen atoms in total. The Morgan fingerprint density at radius 2 is 1.90 bits per heavy atom. The quantitative estimate of drug-likeness (QED) is 0.747. The molecule has 0 N–H and O–H groups in total. The highest BCUT2D eigenvalue weighted by atomic mass is 19.4. The summed E-state index contributed by atoms with van der Waals surface area (Å²) in [6, 6.07) is 2.26. The van der Waals surface area contributed by atoms with Gasteiger partial charge in [0.1, 0.15) is 5.65 Å². The second-order valence-corrected chi connectivity index (χ2v) is 5.39. The zero-order chi connectivity index (χ0) is 15.0. The largest absolute Gasteiger partial charge is 0.417 e. The van der Waals surface area contributed by atoms with Crippen LogP contribution in [0.4, 0.5) is 19.0 Å². The summed E-state index contributed by atoms with van der Waals surface area (Å²) < 4.78 is 39.5. The number of halogens is 3. The van der Waals surface area contributed by atoms with E-state index >= 15 is 0 Å². The second kappa shape index (κ2) is 5.13. The summed E-state index contributed by atoms with van der Waals surface area (Å²) in [6.07, 6.45) is 1.48. The molecule has 2 heterocycles. The molecule has 1 fully saturated rings. The van der Waals surface area contributed by atoms with Crippen LogP contribution in [0.25, 0.3) is 5.65 Å². The first kappa shape index (κ1) is 14.0. The predicted molar refractivity (Wildman–Crippen MR) is 71.5 cm³/mol. The van der Waals surface area contributed by atoms with Crippen LogP contribution in [0.3, 0.4) is 0 Å². The van der Waals surface area contributed by atoms with Gasteiger partial charge >= 0.3 is 6.18 Å². The number of fused-ring (bicyclic) bond motifs is 1. The van der Waals surface area contributed by atoms with Gasteiger partial charge in [0.05, 0.1) is 11.3 Å². The minimum atomic E-state index is -4.45. The fourth-order valence-electron chi connectivity index (χ4n) is 2.96. The average Bonchev–Trinajstić information content (AvgIpc) is 2.84. The van der Waals surface area contributed by atoms with Crippen molar-refractivity contribution in [1.82, 2.24) is 9.38 Å². The van der Waals surface area contributed by atoms with Crippen LogP contribution in [0.2, 0.25) is 0 Å². The highest BCUT2D eigenvalue weighted by molar-refractivity contribution is 5.54. The molecule has 0 spiro atoms. The smallest absolute Gasteiger partial charge is 0.281 e. The van der Waals surface area contributed by atoms with Crippen molar-refractivity contribution in [2.45, 2.75) is 44.2 Å². The third-order valence-electron chi connectivity index (χ3n) is 4.02. The molecular weight excluding hydrogens is 283 g/mol. The van der Waals surface area contributed by atoms with E-state index in [1.54, 1.807) is 0 Å². The van der Waals surface area contributed by atoms with Crippen LogP contribution in [-0.2, 0) is 6.18 Å². The van der Waals surface area contributed by atoms with Gasteiger partial charge in [-0.1, -0.05) is 19.3 Å². The Morgan fingerprint density at radius 1 is 1.19 bits per heavy atom. The molecule has 0 aliphatic heterocycles. The van der Waals surface area contributed by atoms with Gasteiger partial charge in [0.15, 0.2) is 0 Å². The average molecular weight is 297 g/mol. The number of nitrogens with zero attached hydrogens (tertiary/aromatic N) is 3. The van der Waals surface area contributed by atoms with Crippen molar-refractivity contribution in [3.63, 3.8) is 0 Å². The first-order valence-electron chi connectivity index (χ1n) is 6.93. The van der Waals surface area contributed by atoms with E-state index < -0.39 is 11.7 Å². The third-order valence-corrected chi connectivity index (χ3v) is 4.02. The molecule has 1 saturated carbocycles. The first-order chi connectivity index (χ1) is 10.0. The molecule has 3 rings (SSSR count). The van der Waals surface area contributed by atoms with E-state index in [9.17, 15) is 18.1 Å². The second-order valence-electron chi connectivity index (χ2n) is 5.39. The molecule has 0 aromatic carbocycles. The van der Waals surface area contributed by atoms with E-state index in [2.05, 4.69) is 10.2 Å². The van der Waals surface area contributed by atoms with Gasteiger partial charge in [-0.2, -0.15) is 13.2 Å². The first-order valence-corrected chi connectivity index (χ1v) is 6.93. The Hall–Kier alpha value is -1.92. The standard InChI is InChI=1S/C14H14F3N3O/c15-14(16,17)10-6-7-11-18-12(9-4-2-1-3-5-9)13(19-21)20(11)8-10/h6-9H,1-5H2. The normalized spacial score (nSPS) is 17.3. The molecule has 2 aromatic heterocycles. The molecule has 112 valence electrons. The number of hydrogen-bond acceptors (Lipinski definition) is 3. The van der Waals surface area contributed by atoms with E-state index in [4.69, 9.17) is 0 Å². The minimum Gasteiger partial charge on any atom is -0.281 e. The van der Waals surface area contributed by atoms with Crippen LogP contribution in [0, 0.1) is 4.91 Å². The molecule has 0 saturated heterocycles. The molecule has 7 heteroatoms. The van der Waals surface area contributed by atoms with E-state index in [0.29, 0.717) is 11.3 Å². The molecule has 0 amide bonds. The lowest BCUT2D eigenvalue weighted by Gasteiger charge is -2.19. The van der Waals surface area contributed by atoms with Crippen molar-refractivity contribution in [3.05, 3.63) is 34.5 Å². The number of hydrogen-bond donors (Lipinski definition) is 0. The maximum atomic E-state index is 12.8. The lowest BCUT2D eigenvalue weighted by molar-refractivity contribution is -0.137. The molecule has 0 atom stereocenters. The van der Waals surface area contributed by atoms with Crippen LogP contribution >= 0.6 is 0 Å². The van der Waals surface area contributed by atoms with Crippen molar-refractivity contribution >= 4 is 11.5 Å². The van der Waals surface area contributed by atoms with Gasteiger partial charge in [0.2, 0.25) is 5.82 Å². The summed E-state index contributed by atoms with van der Waals surface area (Å²) >= 11 is 0. The summed E-state index contributed by atoms with van der Waals surface area (Å²) in [5.41, 5.74) is 0.0506. The Morgan fingerprint density at radius 3 is 2.52 bits per heavy atom. The highest BCUT2D eigenvalue weighted by Gasteiger charge is 2.32. The lowest BCUT2D eigenvalue weighted by atomic mass is 9.87. The Labute approximate surface area is 119 Å². The van der Waals surface area contributed by atoms with Crippen LogP contribution < -0.4 is 0 Å². The summed E-state index contributed by atoms with van der Waals surface area (Å²) in [7, 11) is 0. The van der Waals surface area contributed by atoms with Crippen LogP contribution in [0.15, 0.2) is 23.5 Å². The molecular formula is C14H14F3N3O. The third kappa shape index (κ3) is 2.52. The van der Waals surface area contributed by atoms with Gasteiger partial charge in [-0.3, -0.25) is 4.40 Å². The number of imidazole rings is 1. The van der Waals surface area contributed by atoms with Gasteiger partial charge in [0, 0.05) is 12.1 Å². The molecule has 21 heavy (non-hydrogen) atoms. The molecule has 0 bridgehead atoms. The molecule has 0 radical (unpaired) electrons. The van der Waals surface area contributed by atoms with Gasteiger partial charge in [-0.25, -0.2) is 4.98 Å². The predicted octanol–water partition coefficient (Wildman–Crippen LogP) is 4.80. The number of alkyl halides is 3. The SMILES string of the molecule is O=Nc1c(C2CCCCC2)nc2ccc(C(F)(F)F)cn12. The summed E-state index contributed by atoms with van der Waals surface area (Å²) in [5, 5.41) is 2.94. The number of pyridine rings is 1. The van der Waals surface area contributed by atoms with E-state index in [1.165, 1.54) is 6.07 Å². The van der Waals surface area contributed by atoms with Crippen LogP contribution in [0.5, 0.6) is 0 Å². The van der Waals surface area contributed by atoms with Crippen molar-refractivity contribution in [3.8, 4) is 0 Å². The van der Waals surface area contributed by atoms with E-state index in [0.717, 1.165) is 48.8 Å². The summed E-state index contributed by atoms with van der Waals surface area (Å²) in [5.74, 6) is 0.115. The topological polar surface area (TPSA) is 46.7 Å². The Bertz CT molecular complexity index is 672. The molecule has 1 aliphatic rings. The summed E-state index contributed by atoms with van der Waals surface area (Å²) in [4.78, 5) is 15.4. The minimum absolute atomic E-state index is 0.00278. The zero-order valence-electron chi connectivity index (χ0n) is 11.2. The molecule has 1 aliphatic carbocycles. The Kier molecular flexibility index (Phi) is 3.43. The van der Waals surface area contributed by atoms with Crippen molar-refractivity contribution in [2.24, 2.45) is 5.18 Å². The van der Waals surface area contributed by atoms with Gasteiger partial charge in [-0.05, 0) is 30.2 Å². The molecule has 2 aromatic rings. The fourth-order valence-corrected chi connectivity index (χ4v) is 2.96. The monoisotopic (exact) mass is 297 g/mol. The highest BCUT2D eigenvalue weighted by Crippen LogP contribution is 2.38. The van der Waals surface area contributed by atoms with Gasteiger partial charge in [-0.15, -0.1) is 4.91 Å². The van der Waals surface area contributed by atoms with Gasteiger partial charge in [0.25, 0.3) is 0 Å². The van der Waals surface area contributed by atoms with E-state index in [1.807, 2.05) is 0 Å². The maximum absolute atomic E-state index is 12.8. The van der Waals surface area contributed by atoms with Crippen molar-refractivity contribution in [2.75, 3.05) is 0 Å². The van der Waals surface area contributed by atoms with Crippen LogP contribution in [0.1, 0.15) is 49.3 Å². The lowest BCUT2D eigenvalue weighted by Crippen LogP contribution is -2.06. The fraction of sp³-hybridized carbons (Fsp3) is 0.500. The van der Waals surface area contributed by atoms with Crippen molar-refractivity contribution < 1.29 is 13.2 Å². The van der Waals surface area contributed by atoms with Gasteiger partial charge < -0.3 is 0 Å². The molecule has 0 unspecified atom stereocenters. The summed E-state index contributed by atoms with van der Waals surface area (Å²) in [6.45, 7) is 0. The number of nitroso groups, excluding NO2 is 1. The van der Waals surface area contributed by atoms with Crippen LogP contribution in [-0.4, -0.2) is 9.38 Å². The number of rotatable bonds is 2. The number of aromatic nitrogens is 2. The maximum Gasteiger partial charge on any atom is 0.417 e. The zero-order valence-corrected chi connectivity index (χ0v) is 11.2. The van der Waals surface area contributed by atoms with E-state index in [-0.39, 0.29) is 11.7 Å². The van der Waals surface area contributed by atoms with Crippen molar-refractivity contribution in [1.29, 1.82) is 0 Å². The Balaban J connectivity index is 2.12.